The second-order valence-electron chi connectivity index (χ2n) is 4.25. The van der Waals surface area contributed by atoms with Gasteiger partial charge in [0.1, 0.15) is 11.5 Å². The zero-order chi connectivity index (χ0) is 13.4. The first-order valence-corrected chi connectivity index (χ1v) is 6.19. The van der Waals surface area contributed by atoms with Crippen LogP contribution in [0, 0.1) is 6.92 Å². The normalized spacial score (nSPS) is 12.4. The Morgan fingerprint density at radius 3 is 2.89 bits per heavy atom. The van der Waals surface area contributed by atoms with Gasteiger partial charge in [0.05, 0.1) is 12.6 Å². The second-order valence-corrected chi connectivity index (χ2v) is 4.25. The predicted octanol–water partition coefficient (Wildman–Crippen LogP) is 1.39. The van der Waals surface area contributed by atoms with Crippen molar-refractivity contribution in [3.05, 3.63) is 23.7 Å². The standard InChI is InChI=1S/C13H22N2O3/c1-10-5-6-12(18-10)11(2)15-9-13(16)14-7-4-8-17-3/h5-6,11,15H,4,7-9H2,1-3H3,(H,14,16). The Morgan fingerprint density at radius 1 is 1.50 bits per heavy atom. The van der Waals surface area contributed by atoms with Crippen LogP contribution >= 0.6 is 0 Å². The molecule has 0 aliphatic rings. The number of hydrogen-bond acceptors (Lipinski definition) is 4. The maximum Gasteiger partial charge on any atom is 0.233 e. The van der Waals surface area contributed by atoms with Gasteiger partial charge in [-0.25, -0.2) is 0 Å². The lowest BCUT2D eigenvalue weighted by Gasteiger charge is -2.11. The van der Waals surface area contributed by atoms with E-state index in [0.29, 0.717) is 13.2 Å². The zero-order valence-corrected chi connectivity index (χ0v) is 11.3. The Kier molecular flexibility index (Phi) is 6.46. The van der Waals surface area contributed by atoms with Crippen molar-refractivity contribution in [2.45, 2.75) is 26.3 Å². The van der Waals surface area contributed by atoms with E-state index in [1.54, 1.807) is 7.11 Å². The number of carbonyl (C=O) groups is 1. The van der Waals surface area contributed by atoms with E-state index in [-0.39, 0.29) is 18.5 Å². The first-order chi connectivity index (χ1) is 8.63. The molecule has 1 aromatic heterocycles. The third kappa shape index (κ3) is 5.33. The average Bonchev–Trinajstić information content (AvgIpc) is 2.78. The molecule has 1 atom stereocenters. The van der Waals surface area contributed by atoms with Crippen molar-refractivity contribution in [2.75, 3.05) is 26.8 Å². The summed E-state index contributed by atoms with van der Waals surface area (Å²) < 4.78 is 10.4. The summed E-state index contributed by atoms with van der Waals surface area (Å²) in [6.07, 6.45) is 0.829. The monoisotopic (exact) mass is 254 g/mol. The van der Waals surface area contributed by atoms with Crippen LogP contribution in [0.15, 0.2) is 16.5 Å². The first-order valence-electron chi connectivity index (χ1n) is 6.19. The Balaban J connectivity index is 2.18. The molecule has 0 aromatic carbocycles. The topological polar surface area (TPSA) is 63.5 Å². The lowest BCUT2D eigenvalue weighted by Crippen LogP contribution is -2.35. The highest BCUT2D eigenvalue weighted by molar-refractivity contribution is 5.77. The molecule has 0 spiro atoms. The molecule has 1 rings (SSSR count). The number of nitrogens with one attached hydrogen (secondary N) is 2. The Bertz CT molecular complexity index is 363. The number of carbonyl (C=O) groups excluding carboxylic acids is 1. The molecule has 0 aliphatic heterocycles. The zero-order valence-electron chi connectivity index (χ0n) is 11.3. The molecule has 0 bridgehead atoms. The van der Waals surface area contributed by atoms with Crippen LogP contribution in [-0.4, -0.2) is 32.7 Å². The van der Waals surface area contributed by atoms with Crippen molar-refractivity contribution < 1.29 is 13.9 Å². The number of rotatable bonds is 8. The Labute approximate surface area is 108 Å². The molecule has 2 N–H and O–H groups in total. The summed E-state index contributed by atoms with van der Waals surface area (Å²) in [5.41, 5.74) is 0. The molecule has 0 saturated heterocycles. The number of methoxy groups -OCH3 is 1. The van der Waals surface area contributed by atoms with Crippen molar-refractivity contribution in [3.8, 4) is 0 Å². The van der Waals surface area contributed by atoms with Crippen LogP contribution in [0.3, 0.4) is 0 Å². The van der Waals surface area contributed by atoms with E-state index >= 15 is 0 Å². The number of amides is 1. The second kappa shape index (κ2) is 7.89. The van der Waals surface area contributed by atoms with Gasteiger partial charge in [-0.05, 0) is 32.4 Å². The van der Waals surface area contributed by atoms with E-state index in [0.717, 1.165) is 17.9 Å². The third-order valence-corrected chi connectivity index (χ3v) is 2.60. The van der Waals surface area contributed by atoms with Crippen molar-refractivity contribution >= 4 is 5.91 Å². The minimum absolute atomic E-state index is 0.0127. The molecule has 18 heavy (non-hydrogen) atoms. The summed E-state index contributed by atoms with van der Waals surface area (Å²) in [6, 6.07) is 3.87. The molecule has 1 unspecified atom stereocenters. The van der Waals surface area contributed by atoms with E-state index in [1.165, 1.54) is 0 Å². The van der Waals surface area contributed by atoms with Gasteiger partial charge in [0.2, 0.25) is 5.91 Å². The SMILES string of the molecule is COCCCNC(=O)CNC(C)c1ccc(C)o1. The summed E-state index contributed by atoms with van der Waals surface area (Å²) in [5.74, 6) is 1.71. The lowest BCUT2D eigenvalue weighted by atomic mass is 10.2. The summed E-state index contributed by atoms with van der Waals surface area (Å²) in [6.45, 7) is 5.46. The summed E-state index contributed by atoms with van der Waals surface area (Å²) in [5, 5.41) is 5.93. The summed E-state index contributed by atoms with van der Waals surface area (Å²) in [7, 11) is 1.65. The molecule has 1 aromatic rings. The quantitative estimate of drug-likeness (QED) is 0.688. The van der Waals surface area contributed by atoms with Crippen LogP contribution in [-0.2, 0) is 9.53 Å². The van der Waals surface area contributed by atoms with Gasteiger partial charge in [0.25, 0.3) is 0 Å². The van der Waals surface area contributed by atoms with Crippen LogP contribution in [0.4, 0.5) is 0 Å². The fourth-order valence-corrected chi connectivity index (χ4v) is 1.54. The lowest BCUT2D eigenvalue weighted by molar-refractivity contribution is -0.120. The Morgan fingerprint density at radius 2 is 2.28 bits per heavy atom. The number of furan rings is 1. The van der Waals surface area contributed by atoms with E-state index in [2.05, 4.69) is 10.6 Å². The minimum atomic E-state index is -0.0127. The molecule has 0 saturated carbocycles. The van der Waals surface area contributed by atoms with Crippen molar-refractivity contribution in [3.63, 3.8) is 0 Å². The van der Waals surface area contributed by atoms with E-state index in [4.69, 9.17) is 9.15 Å². The van der Waals surface area contributed by atoms with Crippen LogP contribution in [0.1, 0.15) is 30.9 Å². The fraction of sp³-hybridized carbons (Fsp3) is 0.615. The summed E-state index contributed by atoms with van der Waals surface area (Å²) >= 11 is 0. The highest BCUT2D eigenvalue weighted by atomic mass is 16.5. The van der Waals surface area contributed by atoms with Gasteiger partial charge >= 0.3 is 0 Å². The van der Waals surface area contributed by atoms with Gasteiger partial charge in [-0.3, -0.25) is 10.1 Å². The van der Waals surface area contributed by atoms with Gasteiger partial charge in [-0.2, -0.15) is 0 Å². The first kappa shape index (κ1) is 14.7. The number of aryl methyl sites for hydroxylation is 1. The maximum absolute atomic E-state index is 11.5. The maximum atomic E-state index is 11.5. The third-order valence-electron chi connectivity index (χ3n) is 2.60. The molecule has 1 heterocycles. The van der Waals surface area contributed by atoms with E-state index in [9.17, 15) is 4.79 Å². The molecule has 5 heteroatoms. The van der Waals surface area contributed by atoms with Crippen LogP contribution < -0.4 is 10.6 Å². The van der Waals surface area contributed by atoms with Crippen molar-refractivity contribution in [1.29, 1.82) is 0 Å². The average molecular weight is 254 g/mol. The molecule has 102 valence electrons. The van der Waals surface area contributed by atoms with Gasteiger partial charge < -0.3 is 14.5 Å². The van der Waals surface area contributed by atoms with Gasteiger partial charge in [-0.1, -0.05) is 0 Å². The Hall–Kier alpha value is -1.33. The summed E-state index contributed by atoms with van der Waals surface area (Å²) in [4.78, 5) is 11.5. The number of hydrogen-bond donors (Lipinski definition) is 2. The molecule has 0 radical (unpaired) electrons. The van der Waals surface area contributed by atoms with E-state index < -0.39 is 0 Å². The van der Waals surface area contributed by atoms with Crippen LogP contribution in [0.2, 0.25) is 0 Å². The molecular formula is C13H22N2O3. The van der Waals surface area contributed by atoms with Crippen molar-refractivity contribution in [2.24, 2.45) is 0 Å². The van der Waals surface area contributed by atoms with Crippen LogP contribution in [0.25, 0.3) is 0 Å². The highest BCUT2D eigenvalue weighted by Crippen LogP contribution is 2.14. The highest BCUT2D eigenvalue weighted by Gasteiger charge is 2.10. The smallest absolute Gasteiger partial charge is 0.233 e. The van der Waals surface area contributed by atoms with Gasteiger partial charge in [0, 0.05) is 20.3 Å². The molecule has 1 amide bonds. The van der Waals surface area contributed by atoms with Gasteiger partial charge in [-0.15, -0.1) is 0 Å². The molecule has 5 nitrogen and oxygen atoms in total. The number of ether oxygens (including phenoxy) is 1. The van der Waals surface area contributed by atoms with E-state index in [1.807, 2.05) is 26.0 Å². The minimum Gasteiger partial charge on any atom is -0.465 e. The van der Waals surface area contributed by atoms with Crippen LogP contribution in [0.5, 0.6) is 0 Å². The van der Waals surface area contributed by atoms with Gasteiger partial charge in [0.15, 0.2) is 0 Å². The predicted molar refractivity (Wildman–Crippen MR) is 69.4 cm³/mol. The largest absolute Gasteiger partial charge is 0.465 e. The molecule has 0 aliphatic carbocycles. The molecular weight excluding hydrogens is 232 g/mol. The van der Waals surface area contributed by atoms with Crippen molar-refractivity contribution in [1.82, 2.24) is 10.6 Å². The fourth-order valence-electron chi connectivity index (χ4n) is 1.54. The molecule has 0 fully saturated rings.